The van der Waals surface area contributed by atoms with E-state index in [-0.39, 0.29) is 27.0 Å². The highest BCUT2D eigenvalue weighted by Gasteiger charge is 2.31. The average Bonchev–Trinajstić information content (AvgIpc) is 2.82. The lowest BCUT2D eigenvalue weighted by Gasteiger charge is -2.27. The van der Waals surface area contributed by atoms with Gasteiger partial charge in [-0.25, -0.2) is 8.42 Å². The molecule has 2 aromatic carbocycles. The number of nitrogens with zero attached hydrogens (tertiary/aromatic N) is 2. The number of methoxy groups -OCH3 is 2. The van der Waals surface area contributed by atoms with E-state index in [0.29, 0.717) is 34.8 Å². The lowest BCUT2D eigenvalue weighted by molar-refractivity contribution is 0.0720. The summed E-state index contributed by atoms with van der Waals surface area (Å²) in [4.78, 5) is 19.3. The maximum absolute atomic E-state index is 13.9. The summed E-state index contributed by atoms with van der Waals surface area (Å²) >= 11 is 6.20. The minimum absolute atomic E-state index is 0.0182. The van der Waals surface area contributed by atoms with Gasteiger partial charge in [-0.15, -0.1) is 0 Å². The number of ether oxygens (including phenoxy) is 2. The predicted molar refractivity (Wildman–Crippen MR) is 122 cm³/mol. The van der Waals surface area contributed by atoms with Crippen molar-refractivity contribution in [2.45, 2.75) is 29.1 Å². The molecule has 32 heavy (non-hydrogen) atoms. The Morgan fingerprint density at radius 1 is 1.00 bits per heavy atom. The molecule has 0 aliphatic carbocycles. The van der Waals surface area contributed by atoms with Gasteiger partial charge < -0.3 is 14.4 Å². The molecule has 2 heterocycles. The number of likely N-dealkylation sites (tertiary alicyclic amines) is 1. The second-order valence-electron chi connectivity index (χ2n) is 7.54. The second-order valence-corrected chi connectivity index (χ2v) is 9.86. The third kappa shape index (κ3) is 4.00. The fourth-order valence-electron chi connectivity index (χ4n) is 3.95. The van der Waals surface area contributed by atoms with E-state index in [1.165, 1.54) is 44.7 Å². The summed E-state index contributed by atoms with van der Waals surface area (Å²) in [5, 5.41) is 0.653. The van der Waals surface area contributed by atoms with Gasteiger partial charge in [0.2, 0.25) is 9.84 Å². The highest BCUT2D eigenvalue weighted by molar-refractivity contribution is 7.91. The molecule has 4 rings (SSSR count). The molecule has 1 aliphatic rings. The molecule has 0 N–H and O–H groups in total. The smallest absolute Gasteiger partial charge is 0.256 e. The molecule has 0 spiro atoms. The van der Waals surface area contributed by atoms with E-state index in [9.17, 15) is 13.2 Å². The van der Waals surface area contributed by atoms with Crippen LogP contribution in [0.3, 0.4) is 0 Å². The third-order valence-corrected chi connectivity index (χ3v) is 7.68. The summed E-state index contributed by atoms with van der Waals surface area (Å²) in [5.74, 6) is 0.325. The zero-order chi connectivity index (χ0) is 22.9. The molecule has 1 amide bonds. The molecule has 7 nitrogen and oxygen atoms in total. The number of hydrogen-bond acceptors (Lipinski definition) is 6. The topological polar surface area (TPSA) is 85.8 Å². The highest BCUT2D eigenvalue weighted by Crippen LogP contribution is 2.36. The largest absolute Gasteiger partial charge is 0.493 e. The highest BCUT2D eigenvalue weighted by atomic mass is 35.5. The third-order valence-electron chi connectivity index (χ3n) is 5.59. The zero-order valence-electron chi connectivity index (χ0n) is 17.8. The van der Waals surface area contributed by atoms with Crippen molar-refractivity contribution in [2.24, 2.45) is 0 Å². The predicted octanol–water partition coefficient (Wildman–Crippen LogP) is 4.36. The van der Waals surface area contributed by atoms with Crippen molar-refractivity contribution in [1.29, 1.82) is 0 Å². The number of rotatable bonds is 5. The van der Waals surface area contributed by atoms with Gasteiger partial charge in [0.1, 0.15) is 0 Å². The van der Waals surface area contributed by atoms with Crippen molar-refractivity contribution in [3.63, 3.8) is 0 Å². The van der Waals surface area contributed by atoms with E-state index in [1.54, 1.807) is 17.0 Å². The summed E-state index contributed by atoms with van der Waals surface area (Å²) in [5.41, 5.74) is 0.472. The molecule has 1 aromatic heterocycles. The first kappa shape index (κ1) is 22.4. The Hall–Kier alpha value is -2.84. The van der Waals surface area contributed by atoms with E-state index >= 15 is 0 Å². The van der Waals surface area contributed by atoms with Crippen LogP contribution in [-0.2, 0) is 9.84 Å². The summed E-state index contributed by atoms with van der Waals surface area (Å²) < 4.78 is 38.3. The van der Waals surface area contributed by atoms with Gasteiger partial charge in [-0.3, -0.25) is 9.78 Å². The molecule has 0 saturated carbocycles. The van der Waals surface area contributed by atoms with Crippen LogP contribution in [0.2, 0.25) is 5.02 Å². The first-order valence-electron chi connectivity index (χ1n) is 10.2. The minimum Gasteiger partial charge on any atom is -0.493 e. The molecule has 1 fully saturated rings. The molecular weight excluding hydrogens is 452 g/mol. The average molecular weight is 475 g/mol. The Morgan fingerprint density at radius 2 is 1.72 bits per heavy atom. The molecular formula is C23H23ClN2O5S. The first-order valence-corrected chi connectivity index (χ1v) is 12.1. The second kappa shape index (κ2) is 8.96. The van der Waals surface area contributed by atoms with Crippen molar-refractivity contribution in [3.8, 4) is 11.5 Å². The van der Waals surface area contributed by atoms with Crippen molar-refractivity contribution in [3.05, 3.63) is 53.2 Å². The van der Waals surface area contributed by atoms with Gasteiger partial charge in [-0.1, -0.05) is 11.6 Å². The number of halogens is 1. The number of pyridine rings is 1. The number of aromatic nitrogens is 1. The Morgan fingerprint density at radius 3 is 2.41 bits per heavy atom. The molecule has 1 aliphatic heterocycles. The van der Waals surface area contributed by atoms with Crippen molar-refractivity contribution in [2.75, 3.05) is 27.3 Å². The van der Waals surface area contributed by atoms with Crippen molar-refractivity contribution in [1.82, 2.24) is 9.88 Å². The van der Waals surface area contributed by atoms with E-state index in [1.807, 2.05) is 0 Å². The minimum atomic E-state index is -4.14. The normalized spacial score (nSPS) is 14.4. The fourth-order valence-corrected chi connectivity index (χ4v) is 5.75. The summed E-state index contributed by atoms with van der Waals surface area (Å²) in [6.07, 6.45) is 4.17. The summed E-state index contributed by atoms with van der Waals surface area (Å²) in [6.45, 7) is 1.17. The first-order chi connectivity index (χ1) is 15.4. The number of carbonyl (C=O) groups excluding carboxylic acids is 1. The maximum Gasteiger partial charge on any atom is 0.256 e. The van der Waals surface area contributed by atoms with Crippen molar-refractivity contribution < 1.29 is 22.7 Å². The number of carbonyl (C=O) groups is 1. The molecule has 0 radical (unpaired) electrons. The van der Waals surface area contributed by atoms with Gasteiger partial charge in [0, 0.05) is 35.8 Å². The lowest BCUT2D eigenvalue weighted by atomic mass is 10.1. The number of fused-ring (bicyclic) bond motifs is 1. The van der Waals surface area contributed by atoms with Crippen LogP contribution in [0.5, 0.6) is 11.5 Å². The van der Waals surface area contributed by atoms with Gasteiger partial charge in [0.25, 0.3) is 5.91 Å². The molecule has 0 bridgehead atoms. The fraction of sp³-hybridized carbons (Fsp3) is 0.304. The van der Waals surface area contributed by atoms with Gasteiger partial charge in [-0.2, -0.15) is 0 Å². The molecule has 9 heteroatoms. The van der Waals surface area contributed by atoms with Gasteiger partial charge >= 0.3 is 0 Å². The Labute approximate surface area is 191 Å². The van der Waals surface area contributed by atoms with E-state index < -0.39 is 9.84 Å². The maximum atomic E-state index is 13.9. The van der Waals surface area contributed by atoms with Gasteiger partial charge in [0.15, 0.2) is 11.5 Å². The van der Waals surface area contributed by atoms with Crippen LogP contribution in [-0.4, -0.2) is 51.5 Å². The molecule has 0 atom stereocenters. The molecule has 168 valence electrons. The number of amides is 1. The van der Waals surface area contributed by atoms with E-state index in [4.69, 9.17) is 21.1 Å². The molecule has 1 saturated heterocycles. The number of sulfone groups is 1. The Kier molecular flexibility index (Phi) is 6.26. The number of hydrogen-bond donors (Lipinski definition) is 0. The van der Waals surface area contributed by atoms with Crippen LogP contribution in [0, 0.1) is 0 Å². The SMILES string of the molecule is COc1ccc(S(=O)(=O)c2c(C(=O)N3CCCCC3)cnc3ccc(Cl)cc23)cc1OC. The Bertz CT molecular complexity index is 1290. The summed E-state index contributed by atoms with van der Waals surface area (Å²) in [7, 11) is -1.23. The van der Waals surface area contributed by atoms with Gasteiger partial charge in [0.05, 0.1) is 35.1 Å². The van der Waals surface area contributed by atoms with Crippen LogP contribution in [0.15, 0.2) is 52.4 Å². The zero-order valence-corrected chi connectivity index (χ0v) is 19.4. The monoisotopic (exact) mass is 474 g/mol. The van der Waals surface area contributed by atoms with Crippen LogP contribution >= 0.6 is 11.6 Å². The summed E-state index contributed by atoms with van der Waals surface area (Å²) in [6, 6.07) is 9.15. The van der Waals surface area contributed by atoms with Gasteiger partial charge in [-0.05, 0) is 49.6 Å². The van der Waals surface area contributed by atoms with E-state index in [0.717, 1.165) is 19.3 Å². The quantitative estimate of drug-likeness (QED) is 0.546. The van der Waals surface area contributed by atoms with Crippen LogP contribution in [0.25, 0.3) is 10.9 Å². The number of piperidine rings is 1. The molecule has 3 aromatic rings. The Balaban J connectivity index is 1.96. The molecule has 0 unspecified atom stereocenters. The lowest BCUT2D eigenvalue weighted by Crippen LogP contribution is -2.36. The number of benzene rings is 2. The van der Waals surface area contributed by atoms with Crippen LogP contribution in [0.4, 0.5) is 0 Å². The standard InChI is InChI=1S/C23H23ClN2O5S/c1-30-20-9-7-16(13-21(20)31-2)32(28,29)22-17-12-15(24)6-8-19(17)25-14-18(22)23(27)26-10-4-3-5-11-26/h6-9,12-14H,3-5,10-11H2,1-2H3. The van der Waals surface area contributed by atoms with Crippen LogP contribution in [0.1, 0.15) is 29.6 Å². The van der Waals surface area contributed by atoms with E-state index in [2.05, 4.69) is 4.98 Å². The van der Waals surface area contributed by atoms with Crippen molar-refractivity contribution >= 4 is 38.2 Å². The van der Waals surface area contributed by atoms with Crippen LogP contribution < -0.4 is 9.47 Å².